The summed E-state index contributed by atoms with van der Waals surface area (Å²) in [6.07, 6.45) is 1.01. The molecule has 0 aliphatic rings. The van der Waals surface area contributed by atoms with Crippen LogP contribution in [0.25, 0.3) is 16.6 Å². The third-order valence-electron chi connectivity index (χ3n) is 3.97. The lowest BCUT2D eigenvalue weighted by atomic mass is 10.2. The second-order valence-electron chi connectivity index (χ2n) is 5.88. The monoisotopic (exact) mass is 382 g/mol. The van der Waals surface area contributed by atoms with E-state index in [9.17, 15) is 5.11 Å². The maximum atomic E-state index is 10.2. The Balaban J connectivity index is 1.37. The molecule has 4 aromatic rings. The summed E-state index contributed by atoms with van der Waals surface area (Å²) in [6, 6.07) is 15.0. The highest BCUT2D eigenvalue weighted by atomic mass is 32.2. The molecule has 1 N–H and O–H groups in total. The van der Waals surface area contributed by atoms with E-state index in [1.54, 1.807) is 30.1 Å². The number of aliphatic hydroxyl groups excluding tert-OH is 1. The van der Waals surface area contributed by atoms with Crippen molar-refractivity contribution in [2.24, 2.45) is 0 Å². The minimum absolute atomic E-state index is 0.192. The first-order valence-corrected chi connectivity index (χ1v) is 9.39. The molecule has 0 saturated heterocycles. The van der Waals surface area contributed by atoms with Crippen molar-refractivity contribution in [2.45, 2.75) is 11.3 Å². The van der Waals surface area contributed by atoms with Gasteiger partial charge in [-0.2, -0.15) is 0 Å². The first-order valence-electron chi connectivity index (χ1n) is 8.41. The van der Waals surface area contributed by atoms with Gasteiger partial charge in [0, 0.05) is 11.1 Å². The molecule has 27 heavy (non-hydrogen) atoms. The Kier molecular flexibility index (Phi) is 5.08. The van der Waals surface area contributed by atoms with E-state index in [0.29, 0.717) is 16.7 Å². The third-order valence-corrected chi connectivity index (χ3v) is 4.95. The Morgan fingerprint density at radius 3 is 2.70 bits per heavy atom. The van der Waals surface area contributed by atoms with E-state index in [0.717, 1.165) is 22.3 Å². The molecule has 2 aromatic carbocycles. The number of hydrogen-bond donors (Lipinski definition) is 1. The van der Waals surface area contributed by atoms with Crippen LogP contribution < -0.4 is 9.47 Å². The smallest absolute Gasteiger partial charge is 0.209 e. The molecular formula is C19H18N4O3S. The molecule has 0 saturated carbocycles. The van der Waals surface area contributed by atoms with Gasteiger partial charge in [-0.25, -0.2) is 14.5 Å². The zero-order chi connectivity index (χ0) is 18.6. The normalized spacial score (nSPS) is 12.4. The van der Waals surface area contributed by atoms with E-state index in [1.807, 2.05) is 36.4 Å². The van der Waals surface area contributed by atoms with Gasteiger partial charge in [0.1, 0.15) is 24.4 Å². The first-order chi connectivity index (χ1) is 13.2. The molecule has 2 heterocycles. The van der Waals surface area contributed by atoms with Crippen molar-refractivity contribution in [3.63, 3.8) is 0 Å². The summed E-state index contributed by atoms with van der Waals surface area (Å²) in [5, 5.41) is 16.1. The summed E-state index contributed by atoms with van der Waals surface area (Å²) in [5.74, 6) is 1.87. The van der Waals surface area contributed by atoms with E-state index in [1.165, 1.54) is 11.8 Å². The molecule has 0 aliphatic heterocycles. The fourth-order valence-corrected chi connectivity index (χ4v) is 3.34. The number of ether oxygens (including phenoxy) is 2. The highest BCUT2D eigenvalue weighted by molar-refractivity contribution is 7.99. The molecule has 1 unspecified atom stereocenters. The average Bonchev–Trinajstić information content (AvgIpc) is 3.15. The Bertz CT molecular complexity index is 1050. The zero-order valence-electron chi connectivity index (χ0n) is 14.6. The Hall–Kier alpha value is -2.84. The van der Waals surface area contributed by atoms with E-state index >= 15 is 0 Å². The van der Waals surface area contributed by atoms with Crippen LogP contribution in [0.4, 0.5) is 0 Å². The Morgan fingerprint density at radius 2 is 1.89 bits per heavy atom. The minimum atomic E-state index is -0.640. The standard InChI is InChI=1S/C19H18N4O3S/c1-25-14-6-8-15(9-7-14)26-10-13(24)11-27-19-21-18-16-4-2-3-5-17(16)20-12-23(18)22-19/h2-9,12-13,24H,10-11H2,1H3. The number of benzene rings is 2. The van der Waals surface area contributed by atoms with Crippen LogP contribution in [0.1, 0.15) is 0 Å². The molecule has 0 bridgehead atoms. The van der Waals surface area contributed by atoms with Crippen LogP contribution in [-0.4, -0.2) is 50.3 Å². The molecule has 0 spiro atoms. The van der Waals surface area contributed by atoms with Crippen LogP contribution in [0.3, 0.4) is 0 Å². The fraction of sp³-hybridized carbons (Fsp3) is 0.211. The summed E-state index contributed by atoms with van der Waals surface area (Å²) in [7, 11) is 1.61. The molecule has 0 radical (unpaired) electrons. The van der Waals surface area contributed by atoms with Crippen molar-refractivity contribution in [3.8, 4) is 11.5 Å². The second-order valence-corrected chi connectivity index (χ2v) is 6.86. The van der Waals surface area contributed by atoms with E-state index in [2.05, 4.69) is 15.1 Å². The van der Waals surface area contributed by atoms with Crippen LogP contribution in [0, 0.1) is 0 Å². The number of nitrogens with zero attached hydrogens (tertiary/aromatic N) is 4. The predicted octanol–water partition coefficient (Wildman–Crippen LogP) is 2.82. The fourth-order valence-electron chi connectivity index (χ4n) is 2.60. The molecule has 4 rings (SSSR count). The molecular weight excluding hydrogens is 364 g/mol. The number of methoxy groups -OCH3 is 1. The maximum absolute atomic E-state index is 10.2. The summed E-state index contributed by atoms with van der Waals surface area (Å²) < 4.78 is 12.4. The summed E-state index contributed by atoms with van der Waals surface area (Å²) in [6.45, 7) is 0.192. The Morgan fingerprint density at radius 1 is 1.11 bits per heavy atom. The largest absolute Gasteiger partial charge is 0.497 e. The summed E-state index contributed by atoms with van der Waals surface area (Å²) in [5.41, 5.74) is 1.63. The lowest BCUT2D eigenvalue weighted by Gasteiger charge is -2.11. The van der Waals surface area contributed by atoms with Crippen molar-refractivity contribution in [1.29, 1.82) is 0 Å². The third kappa shape index (κ3) is 3.96. The van der Waals surface area contributed by atoms with Crippen LogP contribution in [-0.2, 0) is 0 Å². The first kappa shape index (κ1) is 17.6. The number of aromatic nitrogens is 4. The SMILES string of the molecule is COc1ccc(OCC(O)CSc2nc3c4ccccc4ncn3n2)cc1. The van der Waals surface area contributed by atoms with E-state index < -0.39 is 6.10 Å². The number of thioether (sulfide) groups is 1. The summed E-state index contributed by atoms with van der Waals surface area (Å²) in [4.78, 5) is 8.93. The van der Waals surface area contributed by atoms with Gasteiger partial charge < -0.3 is 14.6 Å². The lowest BCUT2D eigenvalue weighted by Crippen LogP contribution is -2.20. The van der Waals surface area contributed by atoms with Gasteiger partial charge in [0.05, 0.1) is 18.7 Å². The Labute approximate surface area is 160 Å². The lowest BCUT2D eigenvalue weighted by molar-refractivity contribution is 0.126. The predicted molar refractivity (Wildman–Crippen MR) is 104 cm³/mol. The van der Waals surface area contributed by atoms with Gasteiger partial charge in [0.15, 0.2) is 5.65 Å². The van der Waals surface area contributed by atoms with Gasteiger partial charge in [-0.05, 0) is 36.4 Å². The molecule has 0 fully saturated rings. The van der Waals surface area contributed by atoms with Crippen molar-refractivity contribution in [2.75, 3.05) is 19.5 Å². The molecule has 0 amide bonds. The molecule has 1 atom stereocenters. The van der Waals surface area contributed by atoms with Crippen LogP contribution in [0.5, 0.6) is 11.5 Å². The van der Waals surface area contributed by atoms with Crippen LogP contribution in [0.15, 0.2) is 60.0 Å². The molecule has 0 aliphatic carbocycles. The number of rotatable bonds is 7. The number of para-hydroxylation sites is 1. The number of hydrogen-bond acceptors (Lipinski definition) is 7. The van der Waals surface area contributed by atoms with Crippen molar-refractivity contribution < 1.29 is 14.6 Å². The van der Waals surface area contributed by atoms with Crippen molar-refractivity contribution in [1.82, 2.24) is 19.6 Å². The van der Waals surface area contributed by atoms with E-state index in [-0.39, 0.29) is 6.61 Å². The van der Waals surface area contributed by atoms with Gasteiger partial charge in [-0.1, -0.05) is 23.9 Å². The van der Waals surface area contributed by atoms with Crippen LogP contribution >= 0.6 is 11.8 Å². The van der Waals surface area contributed by atoms with Gasteiger partial charge in [-0.15, -0.1) is 5.10 Å². The minimum Gasteiger partial charge on any atom is -0.497 e. The molecule has 8 heteroatoms. The van der Waals surface area contributed by atoms with Gasteiger partial charge in [0.25, 0.3) is 0 Å². The number of fused-ring (bicyclic) bond motifs is 3. The van der Waals surface area contributed by atoms with Gasteiger partial charge >= 0.3 is 0 Å². The second kappa shape index (κ2) is 7.81. The van der Waals surface area contributed by atoms with Crippen molar-refractivity contribution in [3.05, 3.63) is 54.9 Å². The average molecular weight is 382 g/mol. The van der Waals surface area contributed by atoms with Crippen molar-refractivity contribution >= 4 is 28.3 Å². The summed E-state index contributed by atoms with van der Waals surface area (Å²) >= 11 is 1.38. The highest BCUT2D eigenvalue weighted by Crippen LogP contribution is 2.21. The molecule has 7 nitrogen and oxygen atoms in total. The number of aliphatic hydroxyl groups is 1. The molecule has 2 aromatic heterocycles. The maximum Gasteiger partial charge on any atom is 0.209 e. The zero-order valence-corrected chi connectivity index (χ0v) is 15.5. The van der Waals surface area contributed by atoms with E-state index in [4.69, 9.17) is 9.47 Å². The van der Waals surface area contributed by atoms with Gasteiger partial charge in [0.2, 0.25) is 5.16 Å². The van der Waals surface area contributed by atoms with Gasteiger partial charge in [-0.3, -0.25) is 0 Å². The van der Waals surface area contributed by atoms with Crippen LogP contribution in [0.2, 0.25) is 0 Å². The molecule has 138 valence electrons. The topological polar surface area (TPSA) is 81.8 Å². The quantitative estimate of drug-likeness (QED) is 0.492. The highest BCUT2D eigenvalue weighted by Gasteiger charge is 2.12.